The molecule has 0 unspecified atom stereocenters. The smallest absolute Gasteiger partial charge is 0.250 e. The lowest BCUT2D eigenvalue weighted by Gasteiger charge is -2.19. The first-order chi connectivity index (χ1) is 12.2. The number of aliphatic imine (C=N–C) groups is 1. The summed E-state index contributed by atoms with van der Waals surface area (Å²) in [6.07, 6.45) is 8.39. The molecule has 0 amide bonds. The maximum Gasteiger partial charge on any atom is 0.250 e. The molecular formula is C20H26N4O. The van der Waals surface area contributed by atoms with E-state index in [1.54, 1.807) is 16.7 Å². The van der Waals surface area contributed by atoms with E-state index >= 15 is 0 Å². The molecule has 3 N–H and O–H groups in total. The van der Waals surface area contributed by atoms with Gasteiger partial charge in [0.1, 0.15) is 0 Å². The number of hydrogen-bond donors (Lipinski definition) is 2. The first-order valence-corrected chi connectivity index (χ1v) is 9.07. The third-order valence-corrected chi connectivity index (χ3v) is 4.65. The highest BCUT2D eigenvalue weighted by Crippen LogP contribution is 2.27. The van der Waals surface area contributed by atoms with E-state index in [-0.39, 0.29) is 5.56 Å². The number of nitrogens with two attached hydrogens (primary N) is 1. The molecule has 0 atom stereocenters. The predicted molar refractivity (Wildman–Crippen MR) is 103 cm³/mol. The number of unbranched alkanes of at least 4 members (excludes halogenated alkanes) is 1. The van der Waals surface area contributed by atoms with Crippen LogP contribution in [-0.4, -0.2) is 17.1 Å². The van der Waals surface area contributed by atoms with Crippen molar-refractivity contribution in [1.29, 1.82) is 0 Å². The van der Waals surface area contributed by atoms with Crippen LogP contribution >= 0.6 is 0 Å². The largest absolute Gasteiger partial charge is 0.370 e. The molecule has 132 valence electrons. The van der Waals surface area contributed by atoms with Crippen molar-refractivity contribution in [3.63, 3.8) is 0 Å². The van der Waals surface area contributed by atoms with Crippen LogP contribution < -0.4 is 16.6 Å². The number of nitrogens with zero attached hydrogens (tertiary/aromatic N) is 2. The summed E-state index contributed by atoms with van der Waals surface area (Å²) >= 11 is 0. The average Bonchev–Trinajstić information content (AvgIpc) is 2.63. The predicted octanol–water partition coefficient (Wildman–Crippen LogP) is 2.93. The quantitative estimate of drug-likeness (QED) is 0.483. The van der Waals surface area contributed by atoms with E-state index in [1.807, 2.05) is 12.3 Å². The van der Waals surface area contributed by atoms with Gasteiger partial charge < -0.3 is 15.6 Å². The number of anilines is 1. The van der Waals surface area contributed by atoms with E-state index in [0.717, 1.165) is 31.4 Å². The van der Waals surface area contributed by atoms with Gasteiger partial charge in [0.25, 0.3) is 0 Å². The highest BCUT2D eigenvalue weighted by Gasteiger charge is 2.12. The molecule has 0 aliphatic heterocycles. The van der Waals surface area contributed by atoms with E-state index in [1.165, 1.54) is 24.0 Å². The lowest BCUT2D eigenvalue weighted by molar-refractivity contribution is 0.599. The number of nitrogens with one attached hydrogen (secondary N) is 1. The first-order valence-electron chi connectivity index (χ1n) is 9.07. The molecule has 0 bridgehead atoms. The number of rotatable bonds is 6. The number of fused-ring (bicyclic) bond motifs is 1. The van der Waals surface area contributed by atoms with E-state index in [2.05, 4.69) is 28.5 Å². The van der Waals surface area contributed by atoms with Crippen molar-refractivity contribution >= 4 is 11.6 Å². The number of pyridine rings is 1. The monoisotopic (exact) mass is 338 g/mol. The fraction of sp³-hybridized carbons (Fsp3) is 0.400. The minimum atomic E-state index is 0.0426. The molecule has 1 heterocycles. The summed E-state index contributed by atoms with van der Waals surface area (Å²) in [5.41, 5.74) is 9.99. The second-order valence-corrected chi connectivity index (χ2v) is 6.48. The van der Waals surface area contributed by atoms with Crippen molar-refractivity contribution in [2.24, 2.45) is 10.7 Å². The molecule has 1 aliphatic carbocycles. The minimum Gasteiger partial charge on any atom is -0.370 e. The molecule has 5 nitrogen and oxygen atoms in total. The summed E-state index contributed by atoms with van der Waals surface area (Å²) in [6.45, 7) is 1.38. The van der Waals surface area contributed by atoms with Gasteiger partial charge in [-0.05, 0) is 61.8 Å². The highest BCUT2D eigenvalue weighted by molar-refractivity contribution is 5.93. The summed E-state index contributed by atoms with van der Waals surface area (Å²) in [7, 11) is 0. The van der Waals surface area contributed by atoms with Gasteiger partial charge in [-0.3, -0.25) is 9.79 Å². The molecule has 25 heavy (non-hydrogen) atoms. The first kappa shape index (κ1) is 17.3. The van der Waals surface area contributed by atoms with E-state index in [4.69, 9.17) is 5.73 Å². The molecule has 1 aromatic heterocycles. The number of hydrogen-bond acceptors (Lipinski definition) is 2. The molecule has 5 heteroatoms. The summed E-state index contributed by atoms with van der Waals surface area (Å²) in [5.74, 6) is 0.468. The van der Waals surface area contributed by atoms with E-state index in [9.17, 15) is 4.79 Å². The number of guanidine groups is 1. The maximum absolute atomic E-state index is 11.6. The standard InChI is InChI=1S/C20H26N4O/c21-20(22-13-4-6-15-24-14-5-3-12-19(24)25)23-18-11-7-9-16-8-1-2-10-17(16)18/h3,5,7,9,11-12,14H,1-2,4,6,8,10,13,15H2,(H3,21,22,23). The summed E-state index contributed by atoms with van der Waals surface area (Å²) in [5, 5.41) is 3.26. The van der Waals surface area contributed by atoms with Gasteiger partial charge in [0.05, 0.1) is 0 Å². The Balaban J connectivity index is 1.48. The summed E-state index contributed by atoms with van der Waals surface area (Å²) in [6, 6.07) is 11.6. The van der Waals surface area contributed by atoms with Gasteiger partial charge in [0.15, 0.2) is 5.96 Å². The summed E-state index contributed by atoms with van der Waals surface area (Å²) < 4.78 is 1.72. The lowest BCUT2D eigenvalue weighted by Crippen LogP contribution is -2.24. The van der Waals surface area contributed by atoms with Gasteiger partial charge in [0.2, 0.25) is 5.56 Å². The molecule has 0 saturated carbocycles. The third-order valence-electron chi connectivity index (χ3n) is 4.65. The highest BCUT2D eigenvalue weighted by atomic mass is 16.1. The molecule has 0 fully saturated rings. The van der Waals surface area contributed by atoms with Crippen LogP contribution in [0.4, 0.5) is 5.69 Å². The zero-order chi connectivity index (χ0) is 17.5. The van der Waals surface area contributed by atoms with Crippen molar-refractivity contribution in [1.82, 2.24) is 4.57 Å². The van der Waals surface area contributed by atoms with E-state index in [0.29, 0.717) is 19.0 Å². The SMILES string of the molecule is NC(=NCCCCn1ccccc1=O)Nc1cccc2c1CCCC2. The van der Waals surface area contributed by atoms with Crippen molar-refractivity contribution in [2.45, 2.75) is 45.1 Å². The zero-order valence-electron chi connectivity index (χ0n) is 14.6. The normalized spacial score (nSPS) is 14.2. The van der Waals surface area contributed by atoms with Crippen molar-refractivity contribution in [2.75, 3.05) is 11.9 Å². The topological polar surface area (TPSA) is 72.4 Å². The Morgan fingerprint density at radius 2 is 2.00 bits per heavy atom. The Morgan fingerprint density at radius 1 is 1.12 bits per heavy atom. The van der Waals surface area contributed by atoms with Crippen molar-refractivity contribution in [3.05, 3.63) is 64.1 Å². The van der Waals surface area contributed by atoms with E-state index < -0.39 is 0 Å². The molecular weight excluding hydrogens is 312 g/mol. The Hall–Kier alpha value is -2.56. The number of aromatic nitrogens is 1. The fourth-order valence-electron chi connectivity index (χ4n) is 3.31. The van der Waals surface area contributed by atoms with Crippen LogP contribution in [0.1, 0.15) is 36.8 Å². The van der Waals surface area contributed by atoms with Gasteiger partial charge in [-0.2, -0.15) is 0 Å². The number of aryl methyl sites for hydroxylation is 2. The molecule has 1 aromatic carbocycles. The molecule has 0 radical (unpaired) electrons. The Kier molecular flexibility index (Phi) is 5.88. The molecule has 1 aliphatic rings. The average molecular weight is 338 g/mol. The maximum atomic E-state index is 11.6. The number of benzene rings is 1. The van der Waals surface area contributed by atoms with Crippen LogP contribution in [0.5, 0.6) is 0 Å². The fourth-order valence-corrected chi connectivity index (χ4v) is 3.31. The van der Waals surface area contributed by atoms with Gasteiger partial charge >= 0.3 is 0 Å². The van der Waals surface area contributed by atoms with Crippen LogP contribution in [0.2, 0.25) is 0 Å². The second-order valence-electron chi connectivity index (χ2n) is 6.48. The Bertz CT molecular complexity index is 794. The third kappa shape index (κ3) is 4.72. The lowest BCUT2D eigenvalue weighted by atomic mass is 9.90. The van der Waals surface area contributed by atoms with Crippen LogP contribution in [0.3, 0.4) is 0 Å². The van der Waals surface area contributed by atoms with Crippen molar-refractivity contribution < 1.29 is 0 Å². The van der Waals surface area contributed by atoms with Gasteiger partial charge in [0, 0.05) is 31.0 Å². The molecule has 0 saturated heterocycles. The van der Waals surface area contributed by atoms with Crippen LogP contribution in [-0.2, 0) is 19.4 Å². The second kappa shape index (κ2) is 8.51. The molecule has 2 aromatic rings. The minimum absolute atomic E-state index is 0.0426. The Morgan fingerprint density at radius 3 is 2.88 bits per heavy atom. The van der Waals surface area contributed by atoms with Crippen LogP contribution in [0, 0.1) is 0 Å². The van der Waals surface area contributed by atoms with Gasteiger partial charge in [-0.1, -0.05) is 18.2 Å². The van der Waals surface area contributed by atoms with Crippen molar-refractivity contribution in [3.8, 4) is 0 Å². The van der Waals surface area contributed by atoms with Gasteiger partial charge in [-0.15, -0.1) is 0 Å². The van der Waals surface area contributed by atoms with Crippen LogP contribution in [0.15, 0.2) is 52.4 Å². The Labute approximate surface area is 148 Å². The van der Waals surface area contributed by atoms with Crippen LogP contribution in [0.25, 0.3) is 0 Å². The summed E-state index contributed by atoms with van der Waals surface area (Å²) in [4.78, 5) is 16.0. The van der Waals surface area contributed by atoms with Gasteiger partial charge in [-0.25, -0.2) is 0 Å². The molecule has 0 spiro atoms. The zero-order valence-corrected chi connectivity index (χ0v) is 14.6. The molecule has 3 rings (SSSR count).